The molecular formula is C11H14N4O2. The number of rotatable bonds is 2. The molecule has 0 spiro atoms. The number of hydrogen-bond acceptors (Lipinski definition) is 4. The summed E-state index contributed by atoms with van der Waals surface area (Å²) in [5.74, 6) is 1.63. The molecule has 0 radical (unpaired) electrons. The van der Waals surface area contributed by atoms with Crippen LogP contribution in [-0.2, 0) is 0 Å². The Balaban J connectivity index is 1.66. The Morgan fingerprint density at radius 3 is 2.82 bits per heavy atom. The van der Waals surface area contributed by atoms with Gasteiger partial charge in [-0.05, 0) is 12.1 Å². The highest BCUT2D eigenvalue weighted by Gasteiger charge is 2.57. The van der Waals surface area contributed by atoms with Crippen LogP contribution in [0.5, 0.6) is 0 Å². The number of nitrogen functional groups attached to an aromatic ring is 1. The fraction of sp³-hybridized carbons (Fsp3) is 0.455. The van der Waals surface area contributed by atoms with Gasteiger partial charge in [0, 0.05) is 37.2 Å². The zero-order valence-electron chi connectivity index (χ0n) is 9.21. The van der Waals surface area contributed by atoms with Gasteiger partial charge in [0.2, 0.25) is 0 Å². The van der Waals surface area contributed by atoms with Crippen molar-refractivity contribution in [2.75, 3.05) is 23.7 Å². The van der Waals surface area contributed by atoms with E-state index in [0.29, 0.717) is 17.5 Å². The third-order valence-corrected chi connectivity index (χ3v) is 3.60. The fourth-order valence-corrected chi connectivity index (χ4v) is 2.73. The minimum atomic E-state index is -0.937. The quantitative estimate of drug-likeness (QED) is 0.687. The summed E-state index contributed by atoms with van der Waals surface area (Å²) in [4.78, 5) is 16.9. The zero-order chi connectivity index (χ0) is 12.0. The van der Waals surface area contributed by atoms with Crippen LogP contribution < -0.4 is 16.0 Å². The van der Waals surface area contributed by atoms with Crippen molar-refractivity contribution in [3.8, 4) is 0 Å². The summed E-state index contributed by atoms with van der Waals surface area (Å²) in [6, 6.07) is 3.76. The largest absolute Gasteiger partial charge is 0.465 e. The molecule has 1 aliphatic carbocycles. The van der Waals surface area contributed by atoms with Gasteiger partial charge in [0.05, 0.1) is 5.69 Å². The molecule has 1 saturated carbocycles. The molecule has 6 heteroatoms. The molecule has 2 unspecified atom stereocenters. The minimum Gasteiger partial charge on any atom is -0.465 e. The van der Waals surface area contributed by atoms with Crippen LogP contribution in [0.25, 0.3) is 0 Å². The van der Waals surface area contributed by atoms with E-state index in [1.165, 1.54) is 0 Å². The summed E-state index contributed by atoms with van der Waals surface area (Å²) in [7, 11) is 0. The Morgan fingerprint density at radius 1 is 1.53 bits per heavy atom. The Hall–Kier alpha value is -1.98. The Bertz CT molecular complexity index is 453. The number of amides is 1. The van der Waals surface area contributed by atoms with Gasteiger partial charge < -0.3 is 21.1 Å². The summed E-state index contributed by atoms with van der Waals surface area (Å²) in [5, 5.41) is 11.2. The number of piperidine rings is 1. The molecule has 1 saturated heterocycles. The van der Waals surface area contributed by atoms with E-state index in [0.717, 1.165) is 18.9 Å². The van der Waals surface area contributed by atoms with E-state index in [9.17, 15) is 4.79 Å². The van der Waals surface area contributed by atoms with Crippen LogP contribution in [0.4, 0.5) is 16.3 Å². The van der Waals surface area contributed by atoms with Gasteiger partial charge in [0.1, 0.15) is 0 Å². The highest BCUT2D eigenvalue weighted by Crippen LogP contribution is 2.47. The third kappa shape index (κ3) is 1.65. The first-order valence-electron chi connectivity index (χ1n) is 5.61. The Kier molecular flexibility index (Phi) is 2.10. The Morgan fingerprint density at radius 2 is 2.24 bits per heavy atom. The molecular weight excluding hydrogens is 220 g/mol. The number of nitrogens with one attached hydrogen (secondary N) is 1. The lowest BCUT2D eigenvalue weighted by molar-refractivity contribution is 0.192. The maximum Gasteiger partial charge on any atom is 0.404 e. The lowest BCUT2D eigenvalue weighted by Crippen LogP contribution is -2.34. The normalized spacial score (nSPS) is 29.9. The monoisotopic (exact) mass is 234 g/mol. The van der Waals surface area contributed by atoms with Crippen molar-refractivity contribution in [1.29, 1.82) is 0 Å². The van der Waals surface area contributed by atoms with E-state index in [2.05, 4.69) is 15.2 Å². The van der Waals surface area contributed by atoms with Crippen molar-refractivity contribution in [3.63, 3.8) is 0 Å². The molecule has 1 aromatic heterocycles. The van der Waals surface area contributed by atoms with Crippen molar-refractivity contribution >= 4 is 17.6 Å². The van der Waals surface area contributed by atoms with Gasteiger partial charge >= 0.3 is 6.09 Å². The van der Waals surface area contributed by atoms with E-state index >= 15 is 0 Å². The third-order valence-electron chi connectivity index (χ3n) is 3.60. The first-order chi connectivity index (χ1) is 8.16. The standard InChI is InChI=1S/C11H14N4O2/c12-8-2-1-3-13-10(8)15-4-6-7(5-15)9(6)14-11(16)17/h1-3,6-7,9,14H,4-5,12H2,(H,16,17). The number of nitrogens with zero attached hydrogens (tertiary/aromatic N) is 2. The fourth-order valence-electron chi connectivity index (χ4n) is 2.73. The van der Waals surface area contributed by atoms with Gasteiger partial charge in [-0.25, -0.2) is 9.78 Å². The summed E-state index contributed by atoms with van der Waals surface area (Å²) in [5.41, 5.74) is 6.54. The van der Waals surface area contributed by atoms with Crippen molar-refractivity contribution in [1.82, 2.24) is 10.3 Å². The average molecular weight is 234 g/mol. The number of anilines is 2. The molecule has 1 amide bonds. The van der Waals surface area contributed by atoms with Crippen molar-refractivity contribution in [3.05, 3.63) is 18.3 Å². The topological polar surface area (TPSA) is 91.5 Å². The second-order valence-corrected chi connectivity index (χ2v) is 4.62. The van der Waals surface area contributed by atoms with Crippen LogP contribution in [0.15, 0.2) is 18.3 Å². The molecule has 1 aromatic rings. The Labute approximate surface area is 98.4 Å². The molecule has 90 valence electrons. The second-order valence-electron chi connectivity index (χ2n) is 4.62. The van der Waals surface area contributed by atoms with Gasteiger partial charge in [-0.15, -0.1) is 0 Å². The van der Waals surface area contributed by atoms with Crippen molar-refractivity contribution < 1.29 is 9.90 Å². The maximum atomic E-state index is 10.5. The van der Waals surface area contributed by atoms with Crippen molar-refractivity contribution in [2.45, 2.75) is 6.04 Å². The number of carboxylic acid groups (broad SMARTS) is 1. The molecule has 2 atom stereocenters. The van der Waals surface area contributed by atoms with Crippen LogP contribution >= 0.6 is 0 Å². The van der Waals surface area contributed by atoms with Crippen LogP contribution in [-0.4, -0.2) is 35.3 Å². The van der Waals surface area contributed by atoms with Gasteiger partial charge in [-0.3, -0.25) is 0 Å². The molecule has 6 nitrogen and oxygen atoms in total. The predicted molar refractivity (Wildman–Crippen MR) is 62.8 cm³/mol. The second kappa shape index (κ2) is 3.51. The van der Waals surface area contributed by atoms with Crippen LogP contribution in [0.3, 0.4) is 0 Å². The molecule has 0 aromatic carbocycles. The van der Waals surface area contributed by atoms with Crippen LogP contribution in [0.2, 0.25) is 0 Å². The molecule has 3 rings (SSSR count). The van der Waals surface area contributed by atoms with Gasteiger partial charge in [0.15, 0.2) is 5.82 Å². The lowest BCUT2D eigenvalue weighted by atomic mass is 10.3. The van der Waals surface area contributed by atoms with Crippen molar-refractivity contribution in [2.24, 2.45) is 11.8 Å². The first-order valence-corrected chi connectivity index (χ1v) is 5.61. The summed E-state index contributed by atoms with van der Waals surface area (Å²) in [6.45, 7) is 1.66. The van der Waals surface area contributed by atoms with E-state index < -0.39 is 6.09 Å². The molecule has 1 aliphatic heterocycles. The van der Waals surface area contributed by atoms with Gasteiger partial charge in [-0.1, -0.05) is 0 Å². The van der Waals surface area contributed by atoms with E-state index in [4.69, 9.17) is 10.8 Å². The summed E-state index contributed by atoms with van der Waals surface area (Å²) >= 11 is 0. The number of pyridine rings is 1. The zero-order valence-corrected chi connectivity index (χ0v) is 9.21. The number of hydrogen-bond donors (Lipinski definition) is 3. The van der Waals surface area contributed by atoms with Gasteiger partial charge in [-0.2, -0.15) is 0 Å². The van der Waals surface area contributed by atoms with E-state index in [1.54, 1.807) is 6.20 Å². The highest BCUT2D eigenvalue weighted by molar-refractivity contribution is 5.67. The number of aromatic nitrogens is 1. The highest BCUT2D eigenvalue weighted by atomic mass is 16.4. The minimum absolute atomic E-state index is 0.119. The predicted octanol–water partition coefficient (Wildman–Crippen LogP) is 0.366. The lowest BCUT2D eigenvalue weighted by Gasteiger charge is -2.22. The van der Waals surface area contributed by atoms with Crippen LogP contribution in [0, 0.1) is 11.8 Å². The number of nitrogens with two attached hydrogens (primary N) is 1. The molecule has 2 heterocycles. The molecule has 2 aliphatic rings. The number of carbonyl (C=O) groups is 1. The van der Waals surface area contributed by atoms with E-state index in [-0.39, 0.29) is 6.04 Å². The van der Waals surface area contributed by atoms with Gasteiger partial charge in [0.25, 0.3) is 0 Å². The average Bonchev–Trinajstić information content (AvgIpc) is 2.75. The smallest absolute Gasteiger partial charge is 0.404 e. The molecule has 0 bridgehead atoms. The van der Waals surface area contributed by atoms with Crippen LogP contribution in [0.1, 0.15) is 0 Å². The maximum absolute atomic E-state index is 10.5. The molecule has 2 fully saturated rings. The SMILES string of the molecule is Nc1cccnc1N1CC2C(C1)C2NC(=O)O. The summed E-state index contributed by atoms with van der Waals surface area (Å²) < 4.78 is 0. The van der Waals surface area contributed by atoms with E-state index in [1.807, 2.05) is 12.1 Å². The number of fused-ring (bicyclic) bond motifs is 1. The first kappa shape index (κ1) is 10.2. The summed E-state index contributed by atoms with van der Waals surface area (Å²) in [6.07, 6.45) is 0.788. The molecule has 4 N–H and O–H groups in total. The molecule has 17 heavy (non-hydrogen) atoms.